The van der Waals surface area contributed by atoms with Crippen LogP contribution in [0.4, 0.5) is 5.69 Å². The summed E-state index contributed by atoms with van der Waals surface area (Å²) in [7, 11) is 0. The maximum Gasteiger partial charge on any atom is 0.274 e. The van der Waals surface area contributed by atoms with Crippen LogP contribution in [-0.4, -0.2) is 70.2 Å². The Bertz CT molecular complexity index is 1160. The van der Waals surface area contributed by atoms with E-state index in [-0.39, 0.29) is 30.3 Å². The summed E-state index contributed by atoms with van der Waals surface area (Å²) >= 11 is 0. The fourth-order valence-corrected chi connectivity index (χ4v) is 3.96. The van der Waals surface area contributed by atoms with Gasteiger partial charge in [-0.15, -0.1) is 0 Å². The maximum absolute atomic E-state index is 12.9. The third-order valence-electron chi connectivity index (χ3n) is 5.90. The van der Waals surface area contributed by atoms with E-state index in [4.69, 9.17) is 0 Å². The third-order valence-corrected chi connectivity index (χ3v) is 5.90. The number of hydrogen-bond donors (Lipinski definition) is 2. The molecule has 35 heavy (non-hydrogen) atoms. The highest BCUT2D eigenvalue weighted by molar-refractivity contribution is 6.04. The number of rotatable bonds is 7. The van der Waals surface area contributed by atoms with Crippen molar-refractivity contribution in [3.8, 4) is 0 Å². The number of nitrogens with zero attached hydrogens (tertiary/aromatic N) is 4. The molecule has 9 nitrogen and oxygen atoms in total. The minimum Gasteiger partial charge on any atom is -0.345 e. The standard InChI is InChI=1S/C26H28N6O3/c1-19(20-7-3-2-4-8-20)29-25(34)21-9-5-6-10-22(21)30-24(33)18-31-13-15-32(16-14-31)26(35)23-17-27-11-12-28-23/h2-12,17,19H,13-16,18H2,1H3,(H,29,34)(H,30,33). The maximum atomic E-state index is 12.9. The molecule has 0 bridgehead atoms. The smallest absolute Gasteiger partial charge is 0.274 e. The summed E-state index contributed by atoms with van der Waals surface area (Å²) in [6.45, 7) is 4.22. The van der Waals surface area contributed by atoms with Crippen molar-refractivity contribution in [1.82, 2.24) is 25.1 Å². The first-order valence-electron chi connectivity index (χ1n) is 11.5. The molecule has 180 valence electrons. The van der Waals surface area contributed by atoms with Crippen LogP contribution in [0.25, 0.3) is 0 Å². The van der Waals surface area contributed by atoms with Gasteiger partial charge in [0.1, 0.15) is 5.69 Å². The first-order chi connectivity index (χ1) is 17.0. The van der Waals surface area contributed by atoms with Gasteiger partial charge in [0.15, 0.2) is 0 Å². The number of piperazine rings is 1. The Morgan fingerprint density at radius 1 is 0.943 bits per heavy atom. The van der Waals surface area contributed by atoms with E-state index in [2.05, 4.69) is 20.6 Å². The number of anilines is 1. The zero-order valence-electron chi connectivity index (χ0n) is 19.6. The Morgan fingerprint density at radius 2 is 1.66 bits per heavy atom. The lowest BCUT2D eigenvalue weighted by Crippen LogP contribution is -2.50. The van der Waals surface area contributed by atoms with E-state index in [1.54, 1.807) is 29.2 Å². The van der Waals surface area contributed by atoms with E-state index in [9.17, 15) is 14.4 Å². The number of para-hydroxylation sites is 1. The highest BCUT2D eigenvalue weighted by Crippen LogP contribution is 2.18. The topological polar surface area (TPSA) is 108 Å². The molecule has 0 saturated carbocycles. The molecule has 1 aromatic heterocycles. The predicted octanol–water partition coefficient (Wildman–Crippen LogP) is 2.36. The fraction of sp³-hybridized carbons (Fsp3) is 0.269. The van der Waals surface area contributed by atoms with Crippen LogP contribution in [0.15, 0.2) is 73.2 Å². The van der Waals surface area contributed by atoms with Gasteiger partial charge in [0.05, 0.1) is 30.0 Å². The molecule has 0 spiro atoms. The molecule has 1 atom stereocenters. The Kier molecular flexibility index (Phi) is 7.79. The molecular weight excluding hydrogens is 444 g/mol. The summed E-state index contributed by atoms with van der Waals surface area (Å²) in [6.07, 6.45) is 4.48. The van der Waals surface area contributed by atoms with Crippen LogP contribution in [0.2, 0.25) is 0 Å². The molecule has 1 aliphatic rings. The van der Waals surface area contributed by atoms with Gasteiger partial charge in [0.2, 0.25) is 5.91 Å². The predicted molar refractivity (Wildman–Crippen MR) is 132 cm³/mol. The van der Waals surface area contributed by atoms with E-state index >= 15 is 0 Å². The Hall–Kier alpha value is -4.11. The fourth-order valence-electron chi connectivity index (χ4n) is 3.96. The van der Waals surface area contributed by atoms with E-state index < -0.39 is 0 Å². The van der Waals surface area contributed by atoms with Crippen LogP contribution >= 0.6 is 0 Å². The monoisotopic (exact) mass is 472 g/mol. The summed E-state index contributed by atoms with van der Waals surface area (Å²) < 4.78 is 0. The first-order valence-corrected chi connectivity index (χ1v) is 11.5. The molecular formula is C26H28N6O3. The average molecular weight is 473 g/mol. The second-order valence-electron chi connectivity index (χ2n) is 8.36. The summed E-state index contributed by atoms with van der Waals surface area (Å²) in [4.78, 5) is 49.9. The minimum absolute atomic E-state index is 0.160. The molecule has 2 N–H and O–H groups in total. The van der Waals surface area contributed by atoms with E-state index in [1.807, 2.05) is 42.2 Å². The van der Waals surface area contributed by atoms with Crippen molar-refractivity contribution >= 4 is 23.4 Å². The van der Waals surface area contributed by atoms with Crippen LogP contribution in [-0.2, 0) is 4.79 Å². The van der Waals surface area contributed by atoms with E-state index in [0.717, 1.165) is 5.56 Å². The molecule has 1 fully saturated rings. The molecule has 9 heteroatoms. The Balaban J connectivity index is 1.30. The summed E-state index contributed by atoms with van der Waals surface area (Å²) in [5.74, 6) is -0.629. The molecule has 1 unspecified atom stereocenters. The van der Waals surface area contributed by atoms with Gasteiger partial charge in [-0.25, -0.2) is 4.98 Å². The van der Waals surface area contributed by atoms with Crippen molar-refractivity contribution in [2.24, 2.45) is 0 Å². The number of amides is 3. The van der Waals surface area contributed by atoms with Crippen molar-refractivity contribution in [3.63, 3.8) is 0 Å². The molecule has 1 aliphatic heterocycles. The molecule has 2 aromatic carbocycles. The molecule has 0 radical (unpaired) electrons. The second kappa shape index (κ2) is 11.3. The van der Waals surface area contributed by atoms with Gasteiger partial charge in [-0.2, -0.15) is 0 Å². The molecule has 2 heterocycles. The lowest BCUT2D eigenvalue weighted by Gasteiger charge is -2.34. The summed E-state index contributed by atoms with van der Waals surface area (Å²) in [5.41, 5.74) is 2.18. The van der Waals surface area contributed by atoms with Gasteiger partial charge in [0.25, 0.3) is 11.8 Å². The number of hydrogen-bond acceptors (Lipinski definition) is 6. The molecule has 3 aromatic rings. The molecule has 0 aliphatic carbocycles. The van der Waals surface area contributed by atoms with Crippen molar-refractivity contribution in [2.45, 2.75) is 13.0 Å². The molecule has 4 rings (SSSR count). The largest absolute Gasteiger partial charge is 0.345 e. The van der Waals surface area contributed by atoms with Gasteiger partial charge in [0, 0.05) is 38.6 Å². The van der Waals surface area contributed by atoms with E-state index in [0.29, 0.717) is 43.1 Å². The van der Waals surface area contributed by atoms with Crippen molar-refractivity contribution in [3.05, 3.63) is 90.0 Å². The van der Waals surface area contributed by atoms with Crippen molar-refractivity contribution < 1.29 is 14.4 Å². The normalized spacial score (nSPS) is 14.7. The number of carbonyl (C=O) groups is 3. The van der Waals surface area contributed by atoms with Crippen LogP contribution in [0.1, 0.15) is 39.4 Å². The van der Waals surface area contributed by atoms with Gasteiger partial charge in [-0.1, -0.05) is 42.5 Å². The lowest BCUT2D eigenvalue weighted by molar-refractivity contribution is -0.117. The van der Waals surface area contributed by atoms with Gasteiger partial charge < -0.3 is 15.5 Å². The first kappa shape index (κ1) is 24.0. The van der Waals surface area contributed by atoms with Gasteiger partial charge >= 0.3 is 0 Å². The lowest BCUT2D eigenvalue weighted by atomic mass is 10.1. The zero-order chi connectivity index (χ0) is 24.6. The quantitative estimate of drug-likeness (QED) is 0.547. The Morgan fingerprint density at radius 3 is 2.37 bits per heavy atom. The average Bonchev–Trinajstić information content (AvgIpc) is 2.90. The van der Waals surface area contributed by atoms with Crippen molar-refractivity contribution in [2.75, 3.05) is 38.0 Å². The molecule has 3 amide bonds. The molecule has 1 saturated heterocycles. The van der Waals surface area contributed by atoms with Crippen LogP contribution < -0.4 is 10.6 Å². The number of benzene rings is 2. The third kappa shape index (κ3) is 6.27. The zero-order valence-corrected chi connectivity index (χ0v) is 19.6. The second-order valence-corrected chi connectivity index (χ2v) is 8.36. The number of aromatic nitrogens is 2. The van der Waals surface area contributed by atoms with Crippen molar-refractivity contribution in [1.29, 1.82) is 0 Å². The van der Waals surface area contributed by atoms with Crippen LogP contribution in [0, 0.1) is 0 Å². The highest BCUT2D eigenvalue weighted by atomic mass is 16.2. The number of carbonyl (C=O) groups excluding carboxylic acids is 3. The Labute approximate surface area is 204 Å². The van der Waals surface area contributed by atoms with Gasteiger partial charge in [-0.3, -0.25) is 24.3 Å². The van der Waals surface area contributed by atoms with Gasteiger partial charge in [-0.05, 0) is 24.6 Å². The SMILES string of the molecule is CC(NC(=O)c1ccccc1NC(=O)CN1CCN(C(=O)c2cnccn2)CC1)c1ccccc1. The summed E-state index contributed by atoms with van der Waals surface area (Å²) in [5, 5.41) is 5.86. The highest BCUT2D eigenvalue weighted by Gasteiger charge is 2.24. The van der Waals surface area contributed by atoms with Crippen LogP contribution in [0.5, 0.6) is 0 Å². The minimum atomic E-state index is -0.256. The van der Waals surface area contributed by atoms with E-state index in [1.165, 1.54) is 18.6 Å². The number of nitrogens with one attached hydrogen (secondary N) is 2. The van der Waals surface area contributed by atoms with Crippen LogP contribution in [0.3, 0.4) is 0 Å². The summed E-state index contributed by atoms with van der Waals surface area (Å²) in [6, 6.07) is 16.5.